The lowest BCUT2D eigenvalue weighted by Gasteiger charge is -2.16. The fourth-order valence-electron chi connectivity index (χ4n) is 0.952. The molecule has 1 amide bonds. The van der Waals surface area contributed by atoms with Crippen molar-refractivity contribution < 1.29 is 22.7 Å². The van der Waals surface area contributed by atoms with Crippen LogP contribution in [0.2, 0.25) is 0 Å². The highest BCUT2D eigenvalue weighted by Gasteiger charge is 2.38. The first kappa shape index (κ1) is 12.3. The van der Waals surface area contributed by atoms with E-state index in [9.17, 15) is 18.0 Å². The zero-order valence-corrected chi connectivity index (χ0v) is 8.58. The van der Waals surface area contributed by atoms with E-state index in [1.54, 1.807) is 0 Å². The second-order valence-electron chi connectivity index (χ2n) is 3.09. The summed E-state index contributed by atoms with van der Waals surface area (Å²) in [5, 5.41) is 5.85. The Kier molecular flexibility index (Phi) is 3.41. The molecule has 5 nitrogen and oxygen atoms in total. The van der Waals surface area contributed by atoms with Crippen LogP contribution in [0, 0.1) is 0 Å². The van der Waals surface area contributed by atoms with E-state index in [2.05, 4.69) is 15.2 Å². The molecular weight excluding hydrogens is 227 g/mol. The van der Waals surface area contributed by atoms with Crippen molar-refractivity contribution in [2.24, 2.45) is 7.05 Å². The number of hydrogen-bond donors (Lipinski definition) is 1. The fourth-order valence-corrected chi connectivity index (χ4v) is 0.952. The molecule has 90 valence electrons. The van der Waals surface area contributed by atoms with Gasteiger partial charge in [0.1, 0.15) is 5.69 Å². The van der Waals surface area contributed by atoms with Crippen molar-refractivity contribution in [1.82, 2.24) is 9.78 Å². The maximum atomic E-state index is 12.2. The summed E-state index contributed by atoms with van der Waals surface area (Å²) in [4.78, 5) is 10.2. The molecule has 0 aliphatic heterocycles. The molecule has 1 aromatic rings. The molecule has 0 unspecified atom stereocenters. The Hall–Kier alpha value is -1.73. The van der Waals surface area contributed by atoms with Crippen LogP contribution in [-0.2, 0) is 11.8 Å². The van der Waals surface area contributed by atoms with E-state index in [0.717, 1.165) is 6.92 Å². The number of aryl methyl sites for hydroxylation is 1. The quantitative estimate of drug-likeness (QED) is 0.803. The van der Waals surface area contributed by atoms with Gasteiger partial charge in [0.25, 0.3) is 5.88 Å². The first-order valence-corrected chi connectivity index (χ1v) is 4.31. The maximum Gasteiger partial charge on any atom is 0.425 e. The van der Waals surface area contributed by atoms with Gasteiger partial charge in [-0.1, -0.05) is 0 Å². The number of amides is 1. The summed E-state index contributed by atoms with van der Waals surface area (Å²) in [6.45, 7) is 0.860. The van der Waals surface area contributed by atoms with Crippen LogP contribution in [0.4, 0.5) is 18.9 Å². The second kappa shape index (κ2) is 4.42. The van der Waals surface area contributed by atoms with Crippen LogP contribution in [0.1, 0.15) is 6.92 Å². The van der Waals surface area contributed by atoms with Crippen molar-refractivity contribution in [3.8, 4) is 5.88 Å². The largest absolute Gasteiger partial charge is 0.462 e. The Labute approximate surface area is 89.2 Å². The standard InChI is InChI=1S/C8H10F3N3O2/c1-5(8(9,10)11)16-7-6(12-4-15)3-14(2)13-7/h3-5H,1-2H3,(H,12,15)/t5-/m1/s1. The van der Waals surface area contributed by atoms with Crippen LogP contribution < -0.4 is 10.1 Å². The van der Waals surface area contributed by atoms with Gasteiger partial charge < -0.3 is 10.1 Å². The number of carbonyl (C=O) groups excluding carboxylic acids is 1. The number of hydrogen-bond acceptors (Lipinski definition) is 3. The summed E-state index contributed by atoms with van der Waals surface area (Å²) in [6.07, 6.45) is -4.79. The van der Waals surface area contributed by atoms with E-state index in [0.29, 0.717) is 6.41 Å². The molecule has 0 radical (unpaired) electrons. The van der Waals surface area contributed by atoms with E-state index >= 15 is 0 Å². The Morgan fingerprint density at radius 1 is 1.62 bits per heavy atom. The molecule has 8 heteroatoms. The molecule has 1 heterocycles. The molecule has 1 N–H and O–H groups in total. The van der Waals surface area contributed by atoms with E-state index in [-0.39, 0.29) is 11.6 Å². The average Bonchev–Trinajstić information content (AvgIpc) is 2.45. The number of carbonyl (C=O) groups is 1. The minimum Gasteiger partial charge on any atom is -0.462 e. The third-order valence-electron chi connectivity index (χ3n) is 1.76. The molecule has 1 rings (SSSR count). The monoisotopic (exact) mass is 237 g/mol. The van der Waals surface area contributed by atoms with E-state index < -0.39 is 12.3 Å². The normalized spacial score (nSPS) is 13.3. The van der Waals surface area contributed by atoms with Gasteiger partial charge in [0.15, 0.2) is 6.10 Å². The number of nitrogens with zero attached hydrogens (tertiary/aromatic N) is 2. The van der Waals surface area contributed by atoms with Gasteiger partial charge in [-0.05, 0) is 6.92 Å². The van der Waals surface area contributed by atoms with Crippen molar-refractivity contribution in [2.45, 2.75) is 19.2 Å². The van der Waals surface area contributed by atoms with Gasteiger partial charge in [-0.15, -0.1) is 5.10 Å². The topological polar surface area (TPSA) is 56.1 Å². The van der Waals surface area contributed by atoms with Crippen LogP contribution in [0.3, 0.4) is 0 Å². The number of aromatic nitrogens is 2. The summed E-state index contributed by atoms with van der Waals surface area (Å²) in [6, 6.07) is 0. The zero-order chi connectivity index (χ0) is 12.3. The molecular formula is C8H10F3N3O2. The molecule has 0 spiro atoms. The Morgan fingerprint density at radius 3 is 2.75 bits per heavy atom. The zero-order valence-electron chi connectivity index (χ0n) is 8.58. The molecule has 0 aliphatic carbocycles. The lowest BCUT2D eigenvalue weighted by molar-refractivity contribution is -0.189. The number of ether oxygens (including phenoxy) is 1. The molecule has 1 aromatic heterocycles. The lowest BCUT2D eigenvalue weighted by Crippen LogP contribution is -2.31. The van der Waals surface area contributed by atoms with Gasteiger partial charge in [-0.25, -0.2) is 0 Å². The number of nitrogens with one attached hydrogen (secondary N) is 1. The van der Waals surface area contributed by atoms with Gasteiger partial charge in [0.2, 0.25) is 6.41 Å². The molecule has 0 saturated carbocycles. The predicted octanol–water partition coefficient (Wildman–Crippen LogP) is 1.32. The Balaban J connectivity index is 2.83. The third kappa shape index (κ3) is 2.88. The summed E-state index contributed by atoms with van der Waals surface area (Å²) in [5.41, 5.74) is 0.0913. The third-order valence-corrected chi connectivity index (χ3v) is 1.76. The molecule has 0 bridgehead atoms. The predicted molar refractivity (Wildman–Crippen MR) is 49.0 cm³/mol. The second-order valence-corrected chi connectivity index (χ2v) is 3.09. The van der Waals surface area contributed by atoms with Crippen molar-refractivity contribution in [1.29, 1.82) is 0 Å². The van der Waals surface area contributed by atoms with Gasteiger partial charge >= 0.3 is 6.18 Å². The SMILES string of the molecule is C[C@@H](Oc1nn(C)cc1NC=O)C(F)(F)F. The summed E-state index contributed by atoms with van der Waals surface area (Å²) in [5.74, 6) is -0.264. The first-order chi connectivity index (χ1) is 7.34. The van der Waals surface area contributed by atoms with Crippen LogP contribution >= 0.6 is 0 Å². The van der Waals surface area contributed by atoms with Crippen molar-refractivity contribution in [3.05, 3.63) is 6.20 Å². The smallest absolute Gasteiger partial charge is 0.425 e. The fraction of sp³-hybridized carbons (Fsp3) is 0.500. The molecule has 0 fully saturated rings. The molecule has 1 atom stereocenters. The van der Waals surface area contributed by atoms with E-state index in [4.69, 9.17) is 0 Å². The van der Waals surface area contributed by atoms with Crippen LogP contribution in [0.5, 0.6) is 5.88 Å². The van der Waals surface area contributed by atoms with E-state index in [1.807, 2.05) is 0 Å². The van der Waals surface area contributed by atoms with Crippen molar-refractivity contribution >= 4 is 12.1 Å². The summed E-state index contributed by atoms with van der Waals surface area (Å²) in [7, 11) is 1.50. The highest BCUT2D eigenvalue weighted by molar-refractivity contribution is 5.73. The van der Waals surface area contributed by atoms with Gasteiger partial charge in [0, 0.05) is 7.05 Å². The Bertz CT molecular complexity index is 375. The molecule has 0 aliphatic rings. The number of halogens is 3. The van der Waals surface area contributed by atoms with Gasteiger partial charge in [0.05, 0.1) is 6.20 Å². The van der Waals surface area contributed by atoms with Crippen LogP contribution in [-0.4, -0.2) is 28.5 Å². The maximum absolute atomic E-state index is 12.2. The minimum atomic E-state index is -4.48. The first-order valence-electron chi connectivity index (χ1n) is 4.31. The van der Waals surface area contributed by atoms with Crippen molar-refractivity contribution in [2.75, 3.05) is 5.32 Å². The number of rotatable bonds is 4. The number of alkyl halides is 3. The van der Waals surface area contributed by atoms with Crippen LogP contribution in [0.25, 0.3) is 0 Å². The average molecular weight is 237 g/mol. The summed E-state index contributed by atoms with van der Waals surface area (Å²) >= 11 is 0. The lowest BCUT2D eigenvalue weighted by atomic mass is 10.4. The molecule has 0 aromatic carbocycles. The van der Waals surface area contributed by atoms with Gasteiger partial charge in [-0.2, -0.15) is 13.2 Å². The van der Waals surface area contributed by atoms with Crippen molar-refractivity contribution in [3.63, 3.8) is 0 Å². The minimum absolute atomic E-state index is 0.0913. The Morgan fingerprint density at radius 2 is 2.25 bits per heavy atom. The molecule has 16 heavy (non-hydrogen) atoms. The number of anilines is 1. The van der Waals surface area contributed by atoms with E-state index in [1.165, 1.54) is 17.9 Å². The summed E-state index contributed by atoms with van der Waals surface area (Å²) < 4.78 is 42.5. The molecule has 0 saturated heterocycles. The van der Waals surface area contributed by atoms with Crippen LogP contribution in [0.15, 0.2) is 6.20 Å². The van der Waals surface area contributed by atoms with Gasteiger partial charge in [-0.3, -0.25) is 9.48 Å². The highest BCUT2D eigenvalue weighted by Crippen LogP contribution is 2.28. The highest BCUT2D eigenvalue weighted by atomic mass is 19.4.